The quantitative estimate of drug-likeness (QED) is 0.618. The molecule has 0 bridgehead atoms. The molecule has 2 aliphatic rings. The molecule has 1 saturated heterocycles. The fourth-order valence-electron chi connectivity index (χ4n) is 3.98. The van der Waals surface area contributed by atoms with Gasteiger partial charge in [-0.3, -0.25) is 0 Å². The normalized spacial score (nSPS) is 19.9. The Bertz CT molecular complexity index is 1000. The van der Waals surface area contributed by atoms with Gasteiger partial charge >= 0.3 is 11.9 Å². The molecule has 31 heavy (non-hydrogen) atoms. The molecule has 3 rings (SSSR count). The molecule has 0 saturated carbocycles. The minimum atomic E-state index is -3.65. The molecule has 0 spiro atoms. The summed E-state index contributed by atoms with van der Waals surface area (Å²) in [5, 5.41) is 0. The van der Waals surface area contributed by atoms with Crippen LogP contribution in [0.15, 0.2) is 34.4 Å². The molecular weight excluding hydrogens is 424 g/mol. The molecule has 1 aromatic carbocycles. The van der Waals surface area contributed by atoms with E-state index in [-0.39, 0.29) is 35.2 Å². The maximum atomic E-state index is 12.6. The number of benzene rings is 1. The Morgan fingerprint density at radius 2 is 1.87 bits per heavy atom. The van der Waals surface area contributed by atoms with Gasteiger partial charge in [0.15, 0.2) is 9.84 Å². The zero-order valence-electron chi connectivity index (χ0n) is 18.2. The molecule has 170 valence electrons. The van der Waals surface area contributed by atoms with E-state index in [0.717, 1.165) is 37.9 Å². The van der Waals surface area contributed by atoms with E-state index in [1.807, 2.05) is 0 Å². The van der Waals surface area contributed by atoms with Gasteiger partial charge in [-0.15, -0.1) is 0 Å². The van der Waals surface area contributed by atoms with E-state index in [0.29, 0.717) is 5.92 Å². The van der Waals surface area contributed by atoms with E-state index in [4.69, 9.17) is 14.2 Å². The first-order valence-electron chi connectivity index (χ1n) is 10.0. The molecular formula is C21H28N2O7S. The number of nitrogens with zero attached hydrogens (tertiary/aromatic N) is 2. The summed E-state index contributed by atoms with van der Waals surface area (Å²) in [4.78, 5) is 28.5. The van der Waals surface area contributed by atoms with E-state index in [1.54, 1.807) is 12.1 Å². The third-order valence-electron chi connectivity index (χ3n) is 5.49. The number of methoxy groups -OCH3 is 2. The number of anilines is 2. The Kier molecular flexibility index (Phi) is 6.90. The van der Waals surface area contributed by atoms with Crippen molar-refractivity contribution < 1.29 is 32.2 Å². The van der Waals surface area contributed by atoms with Gasteiger partial charge < -0.3 is 24.0 Å². The lowest BCUT2D eigenvalue weighted by molar-refractivity contribution is -0.140. The van der Waals surface area contributed by atoms with Crippen molar-refractivity contribution in [2.75, 3.05) is 56.7 Å². The monoisotopic (exact) mass is 452 g/mol. The highest BCUT2D eigenvalue weighted by atomic mass is 32.2. The molecule has 1 fully saturated rings. The van der Waals surface area contributed by atoms with Crippen molar-refractivity contribution in [3.05, 3.63) is 29.5 Å². The topological polar surface area (TPSA) is 102 Å². The highest BCUT2D eigenvalue weighted by Gasteiger charge is 2.35. The lowest BCUT2D eigenvalue weighted by Gasteiger charge is -2.35. The number of sulfone groups is 1. The van der Waals surface area contributed by atoms with Gasteiger partial charge in [0.2, 0.25) is 0 Å². The first kappa shape index (κ1) is 23.1. The van der Waals surface area contributed by atoms with Gasteiger partial charge in [-0.1, -0.05) is 6.92 Å². The van der Waals surface area contributed by atoms with Crippen molar-refractivity contribution in [2.45, 2.75) is 24.7 Å². The van der Waals surface area contributed by atoms with Crippen molar-refractivity contribution in [1.29, 1.82) is 0 Å². The average molecular weight is 453 g/mol. The second kappa shape index (κ2) is 9.27. The van der Waals surface area contributed by atoms with E-state index in [2.05, 4.69) is 11.8 Å². The first-order valence-corrected chi connectivity index (χ1v) is 11.9. The van der Waals surface area contributed by atoms with Crippen molar-refractivity contribution in [2.24, 2.45) is 5.92 Å². The SMILES string of the molecule is COC(=O)C1=C(C(=O)OC)N(c2cc(N3CCCC(C)C3)ccc2S(C)(=O)=O)COC1. The number of piperidine rings is 1. The number of hydrogen-bond donors (Lipinski definition) is 0. The fourth-order valence-corrected chi connectivity index (χ4v) is 4.85. The molecule has 2 aliphatic heterocycles. The van der Waals surface area contributed by atoms with Gasteiger partial charge in [0, 0.05) is 25.0 Å². The molecule has 0 aliphatic carbocycles. The zero-order valence-corrected chi connectivity index (χ0v) is 19.0. The van der Waals surface area contributed by atoms with Gasteiger partial charge in [-0.05, 0) is 37.0 Å². The molecule has 1 unspecified atom stereocenters. The summed E-state index contributed by atoms with van der Waals surface area (Å²) in [6.45, 7) is 3.61. The molecule has 2 heterocycles. The van der Waals surface area contributed by atoms with Crippen molar-refractivity contribution in [3.8, 4) is 0 Å². The van der Waals surface area contributed by atoms with Crippen LogP contribution in [0.2, 0.25) is 0 Å². The van der Waals surface area contributed by atoms with Gasteiger partial charge in [0.25, 0.3) is 0 Å². The maximum Gasteiger partial charge on any atom is 0.355 e. The third kappa shape index (κ3) is 4.85. The highest BCUT2D eigenvalue weighted by molar-refractivity contribution is 7.90. The standard InChI is InChI=1S/C21H28N2O7S/c1-14-6-5-9-22(11-14)15-7-8-18(31(4,26)27)17(10-15)23-13-30-12-16(20(24)28-2)19(23)21(25)29-3/h7-8,10,14H,5-6,9,11-13H2,1-4H3. The molecule has 10 heteroatoms. The van der Waals surface area contributed by atoms with Crippen LogP contribution in [0.5, 0.6) is 0 Å². The van der Waals surface area contributed by atoms with E-state index >= 15 is 0 Å². The summed E-state index contributed by atoms with van der Waals surface area (Å²) in [5.41, 5.74) is 0.967. The lowest BCUT2D eigenvalue weighted by Crippen LogP contribution is -2.39. The predicted molar refractivity (Wildman–Crippen MR) is 115 cm³/mol. The van der Waals surface area contributed by atoms with Crippen LogP contribution in [-0.2, 0) is 33.6 Å². The molecule has 0 radical (unpaired) electrons. The minimum Gasteiger partial charge on any atom is -0.466 e. The maximum absolute atomic E-state index is 12.6. The van der Waals surface area contributed by atoms with Crippen LogP contribution in [0.25, 0.3) is 0 Å². The second-order valence-corrected chi connectivity index (χ2v) is 9.82. The summed E-state index contributed by atoms with van der Waals surface area (Å²) < 4.78 is 40.3. The molecule has 0 aromatic heterocycles. The highest BCUT2D eigenvalue weighted by Crippen LogP contribution is 2.36. The smallest absolute Gasteiger partial charge is 0.355 e. The number of esters is 2. The Morgan fingerprint density at radius 3 is 2.48 bits per heavy atom. The summed E-state index contributed by atoms with van der Waals surface area (Å²) in [6, 6.07) is 5.02. The predicted octanol–water partition coefficient (Wildman–Crippen LogP) is 1.72. The summed E-state index contributed by atoms with van der Waals surface area (Å²) in [7, 11) is -1.25. The number of carbonyl (C=O) groups is 2. The van der Waals surface area contributed by atoms with E-state index in [9.17, 15) is 18.0 Å². The van der Waals surface area contributed by atoms with Crippen molar-refractivity contribution >= 4 is 33.2 Å². The van der Waals surface area contributed by atoms with E-state index in [1.165, 1.54) is 25.2 Å². The van der Waals surface area contributed by atoms with Gasteiger partial charge in [0.05, 0.1) is 37.0 Å². The van der Waals surface area contributed by atoms with Gasteiger partial charge in [-0.2, -0.15) is 0 Å². The van der Waals surface area contributed by atoms with Crippen molar-refractivity contribution in [3.63, 3.8) is 0 Å². The Morgan fingerprint density at radius 1 is 1.16 bits per heavy atom. The average Bonchev–Trinajstić information content (AvgIpc) is 2.76. The number of ether oxygens (including phenoxy) is 3. The molecule has 0 N–H and O–H groups in total. The number of carbonyl (C=O) groups excluding carboxylic acids is 2. The largest absolute Gasteiger partial charge is 0.466 e. The lowest BCUT2D eigenvalue weighted by atomic mass is 9.99. The van der Waals surface area contributed by atoms with Crippen LogP contribution in [0.3, 0.4) is 0 Å². The molecule has 9 nitrogen and oxygen atoms in total. The fraction of sp³-hybridized carbons (Fsp3) is 0.524. The number of rotatable bonds is 5. The first-order chi connectivity index (χ1) is 14.7. The van der Waals surface area contributed by atoms with Crippen LogP contribution in [0.1, 0.15) is 19.8 Å². The molecule has 0 amide bonds. The Balaban J connectivity index is 2.18. The number of hydrogen-bond acceptors (Lipinski definition) is 9. The summed E-state index contributed by atoms with van der Waals surface area (Å²) in [5.74, 6) is -1.01. The molecule has 1 aromatic rings. The Hall–Kier alpha value is -2.59. The van der Waals surface area contributed by atoms with Crippen LogP contribution in [0.4, 0.5) is 11.4 Å². The van der Waals surface area contributed by atoms with Crippen LogP contribution >= 0.6 is 0 Å². The zero-order chi connectivity index (χ0) is 22.8. The van der Waals surface area contributed by atoms with Gasteiger partial charge in [0.1, 0.15) is 12.4 Å². The second-order valence-electron chi connectivity index (χ2n) is 7.83. The van der Waals surface area contributed by atoms with Crippen molar-refractivity contribution in [1.82, 2.24) is 0 Å². The van der Waals surface area contributed by atoms with Crippen LogP contribution in [0, 0.1) is 5.92 Å². The summed E-state index contributed by atoms with van der Waals surface area (Å²) in [6.07, 6.45) is 3.28. The molecule has 1 atom stereocenters. The van der Waals surface area contributed by atoms with Crippen LogP contribution in [-0.4, -0.2) is 67.3 Å². The van der Waals surface area contributed by atoms with Gasteiger partial charge in [-0.25, -0.2) is 18.0 Å². The minimum absolute atomic E-state index is 0.0254. The van der Waals surface area contributed by atoms with Crippen LogP contribution < -0.4 is 9.80 Å². The third-order valence-corrected chi connectivity index (χ3v) is 6.63. The van der Waals surface area contributed by atoms with E-state index < -0.39 is 21.8 Å². The summed E-state index contributed by atoms with van der Waals surface area (Å²) >= 11 is 0. The Labute approximate surface area is 182 Å².